The third-order valence-electron chi connectivity index (χ3n) is 9.17. The predicted molar refractivity (Wildman–Crippen MR) is 117 cm³/mol. The summed E-state index contributed by atoms with van der Waals surface area (Å²) in [6, 6.07) is 0. The van der Waals surface area contributed by atoms with Gasteiger partial charge in [0.25, 0.3) is 0 Å². The Morgan fingerprint density at radius 1 is 0.968 bits per heavy atom. The second-order valence-electron chi connectivity index (χ2n) is 10.2. The average molecular weight is 427 g/mol. The second kappa shape index (κ2) is 7.21. The highest BCUT2D eigenvalue weighted by Crippen LogP contribution is 2.73. The van der Waals surface area contributed by atoms with Crippen LogP contribution >= 0.6 is 0 Å². The van der Waals surface area contributed by atoms with Crippen LogP contribution in [0.2, 0.25) is 0 Å². The standard InChI is InChI=1S/C25H34N2O4/c1-15-13-14-24(2)25(20(22(28)30-3)21(23(29)31-4)27(24)26-15)18-11-7-5-9-16(18)17-10-6-8-12-19(17)25/h13-14,16-19H,5-12H2,1-4H3. The Bertz CT molecular complexity index is 881. The van der Waals surface area contributed by atoms with Crippen LogP contribution in [0.5, 0.6) is 0 Å². The summed E-state index contributed by atoms with van der Waals surface area (Å²) in [5.74, 6) is 0.979. The van der Waals surface area contributed by atoms with E-state index in [0.29, 0.717) is 29.2 Å². The van der Waals surface area contributed by atoms with E-state index >= 15 is 0 Å². The Kier molecular flexibility index (Phi) is 4.83. The maximum Gasteiger partial charge on any atom is 0.356 e. The lowest BCUT2D eigenvalue weighted by molar-refractivity contribution is -0.141. The van der Waals surface area contributed by atoms with Gasteiger partial charge in [0, 0.05) is 5.41 Å². The molecule has 6 heteroatoms. The Hall–Kier alpha value is -2.11. The first-order valence-electron chi connectivity index (χ1n) is 11.9. The molecule has 5 atom stereocenters. The van der Waals surface area contributed by atoms with Crippen LogP contribution in [0.25, 0.3) is 0 Å². The number of methoxy groups -OCH3 is 2. The maximum absolute atomic E-state index is 13.5. The van der Waals surface area contributed by atoms with Crippen LogP contribution in [0.3, 0.4) is 0 Å². The molecule has 5 unspecified atom stereocenters. The first-order valence-corrected chi connectivity index (χ1v) is 11.9. The molecule has 0 radical (unpaired) electrons. The van der Waals surface area contributed by atoms with Gasteiger partial charge < -0.3 is 9.47 Å². The number of esters is 2. The van der Waals surface area contributed by atoms with Crippen LogP contribution in [-0.2, 0) is 19.1 Å². The van der Waals surface area contributed by atoms with Crippen LogP contribution in [0, 0.1) is 29.1 Å². The van der Waals surface area contributed by atoms with Crippen molar-refractivity contribution in [2.75, 3.05) is 14.2 Å². The quantitative estimate of drug-likeness (QED) is 0.619. The van der Waals surface area contributed by atoms with E-state index in [9.17, 15) is 9.59 Å². The van der Waals surface area contributed by atoms with Crippen molar-refractivity contribution in [1.82, 2.24) is 5.01 Å². The van der Waals surface area contributed by atoms with Crippen molar-refractivity contribution in [1.29, 1.82) is 0 Å². The summed E-state index contributed by atoms with van der Waals surface area (Å²) in [5, 5.41) is 6.65. The molecule has 0 aromatic heterocycles. The van der Waals surface area contributed by atoms with Crippen LogP contribution in [0.1, 0.15) is 65.2 Å². The Morgan fingerprint density at radius 2 is 1.52 bits per heavy atom. The summed E-state index contributed by atoms with van der Waals surface area (Å²) in [6.07, 6.45) is 13.7. The van der Waals surface area contributed by atoms with E-state index < -0.39 is 22.9 Å². The predicted octanol–water partition coefficient (Wildman–Crippen LogP) is 4.22. The second-order valence-corrected chi connectivity index (χ2v) is 10.2. The van der Waals surface area contributed by atoms with Crippen LogP contribution < -0.4 is 0 Å². The van der Waals surface area contributed by atoms with Gasteiger partial charge in [-0.25, -0.2) is 14.6 Å². The number of hydrogen-bond donors (Lipinski definition) is 0. The highest BCUT2D eigenvalue weighted by Gasteiger charge is 2.75. The molecule has 0 amide bonds. The number of carbonyl (C=O) groups excluding carboxylic acids is 2. The van der Waals surface area contributed by atoms with Crippen molar-refractivity contribution < 1.29 is 19.1 Å². The SMILES string of the molecule is COC(=O)C1=C(C(=O)OC)C2(C3CCCCC3C3CCCCC32)C2(C)C=CC(C)=NN12. The number of hydrazone groups is 1. The molecule has 168 valence electrons. The van der Waals surface area contributed by atoms with Gasteiger partial charge in [0.1, 0.15) is 0 Å². The molecule has 0 N–H and O–H groups in total. The van der Waals surface area contributed by atoms with E-state index in [2.05, 4.69) is 19.1 Å². The van der Waals surface area contributed by atoms with E-state index in [4.69, 9.17) is 14.6 Å². The number of allylic oxidation sites excluding steroid dienone is 1. The number of carbonyl (C=O) groups is 2. The molecule has 5 rings (SSSR count). The molecule has 5 aliphatic rings. The summed E-state index contributed by atoms with van der Waals surface area (Å²) < 4.78 is 10.6. The highest BCUT2D eigenvalue weighted by molar-refractivity contribution is 6.04. The monoisotopic (exact) mass is 426 g/mol. The van der Waals surface area contributed by atoms with E-state index in [0.717, 1.165) is 18.6 Å². The zero-order chi connectivity index (χ0) is 22.0. The molecular weight excluding hydrogens is 392 g/mol. The Morgan fingerprint density at radius 3 is 2.06 bits per heavy atom. The smallest absolute Gasteiger partial charge is 0.356 e. The van der Waals surface area contributed by atoms with Crippen molar-refractivity contribution in [3.8, 4) is 0 Å². The summed E-state index contributed by atoms with van der Waals surface area (Å²) in [5.41, 5.74) is 0.560. The Labute approximate surface area is 184 Å². The average Bonchev–Trinajstić information content (AvgIpc) is 3.22. The zero-order valence-electron chi connectivity index (χ0n) is 19.1. The first kappa shape index (κ1) is 20.8. The lowest BCUT2D eigenvalue weighted by atomic mass is 9.53. The van der Waals surface area contributed by atoms with Crippen LogP contribution in [-0.4, -0.2) is 42.4 Å². The molecule has 6 nitrogen and oxygen atoms in total. The molecule has 2 aliphatic heterocycles. The summed E-state index contributed by atoms with van der Waals surface area (Å²) in [6.45, 7) is 4.11. The van der Waals surface area contributed by atoms with Crippen molar-refractivity contribution in [2.24, 2.45) is 34.2 Å². The first-order chi connectivity index (χ1) is 14.9. The highest BCUT2D eigenvalue weighted by atomic mass is 16.5. The van der Waals surface area contributed by atoms with Crippen molar-refractivity contribution in [2.45, 2.75) is 70.8 Å². The molecule has 1 spiro atoms. The molecule has 2 heterocycles. The van der Waals surface area contributed by atoms with Gasteiger partial charge in [-0.1, -0.05) is 31.8 Å². The van der Waals surface area contributed by atoms with E-state index in [1.54, 1.807) is 0 Å². The van der Waals surface area contributed by atoms with Crippen molar-refractivity contribution in [3.05, 3.63) is 23.4 Å². The fourth-order valence-corrected chi connectivity index (χ4v) is 8.32. The summed E-state index contributed by atoms with van der Waals surface area (Å²) in [4.78, 5) is 26.7. The third-order valence-corrected chi connectivity index (χ3v) is 9.17. The molecule has 0 saturated heterocycles. The molecule has 31 heavy (non-hydrogen) atoms. The van der Waals surface area contributed by atoms with Crippen molar-refractivity contribution >= 4 is 17.7 Å². The zero-order valence-corrected chi connectivity index (χ0v) is 19.1. The fraction of sp³-hybridized carbons (Fsp3) is 0.720. The van der Waals surface area contributed by atoms with E-state index in [1.165, 1.54) is 52.7 Å². The normalized spacial score (nSPS) is 40.9. The van der Waals surface area contributed by atoms with Crippen LogP contribution in [0.15, 0.2) is 28.5 Å². The number of nitrogens with zero attached hydrogens (tertiary/aromatic N) is 2. The Balaban J connectivity index is 1.84. The molecule has 3 aliphatic carbocycles. The molecular formula is C25H34N2O4. The minimum atomic E-state index is -0.587. The molecule has 0 bridgehead atoms. The van der Waals surface area contributed by atoms with E-state index in [1.807, 2.05) is 11.9 Å². The fourth-order valence-electron chi connectivity index (χ4n) is 8.32. The number of rotatable bonds is 2. The van der Waals surface area contributed by atoms with Gasteiger partial charge >= 0.3 is 11.9 Å². The van der Waals surface area contributed by atoms with Gasteiger partial charge in [-0.15, -0.1) is 0 Å². The van der Waals surface area contributed by atoms with E-state index in [-0.39, 0.29) is 5.70 Å². The molecule has 3 saturated carbocycles. The minimum Gasteiger partial charge on any atom is -0.466 e. The summed E-state index contributed by atoms with van der Waals surface area (Å²) in [7, 11) is 2.80. The number of hydrogen-bond acceptors (Lipinski definition) is 6. The van der Waals surface area contributed by atoms with Gasteiger partial charge in [0.05, 0.1) is 31.0 Å². The van der Waals surface area contributed by atoms with Gasteiger partial charge in [0.15, 0.2) is 5.70 Å². The minimum absolute atomic E-state index is 0.288. The topological polar surface area (TPSA) is 68.2 Å². The number of fused-ring (bicyclic) bond motifs is 7. The largest absolute Gasteiger partial charge is 0.466 e. The van der Waals surface area contributed by atoms with Gasteiger partial charge in [0.2, 0.25) is 0 Å². The van der Waals surface area contributed by atoms with Crippen LogP contribution in [0.4, 0.5) is 0 Å². The molecule has 0 aromatic carbocycles. The van der Waals surface area contributed by atoms with Gasteiger partial charge in [-0.2, -0.15) is 5.10 Å². The lowest BCUT2D eigenvalue weighted by Gasteiger charge is -2.53. The van der Waals surface area contributed by atoms with Gasteiger partial charge in [-0.05, 0) is 69.3 Å². The third kappa shape index (κ3) is 2.48. The van der Waals surface area contributed by atoms with Crippen molar-refractivity contribution in [3.63, 3.8) is 0 Å². The maximum atomic E-state index is 13.5. The molecule has 0 aromatic rings. The van der Waals surface area contributed by atoms with Gasteiger partial charge in [-0.3, -0.25) is 0 Å². The molecule has 3 fully saturated rings. The summed E-state index contributed by atoms with van der Waals surface area (Å²) >= 11 is 0. The number of ether oxygens (including phenoxy) is 2. The lowest BCUT2D eigenvalue weighted by Crippen LogP contribution is -2.58.